The van der Waals surface area contributed by atoms with Gasteiger partial charge in [0.25, 0.3) is 0 Å². The SMILES string of the molecule is c1ccc(-c2cc3ccccc3cc2-c2c3ccccc3c(-c3cc4c5ccccc5ccc4c4ccccc34)c3ccccc23)cc1. The van der Waals surface area contributed by atoms with Crippen molar-refractivity contribution in [3.05, 3.63) is 182 Å². The minimum absolute atomic E-state index is 1.22. The summed E-state index contributed by atoms with van der Waals surface area (Å²) in [5, 5.41) is 15.3. The van der Waals surface area contributed by atoms with Crippen LogP contribution in [0, 0.1) is 0 Å². The molecule has 10 rings (SSSR count). The standard InChI is InChI=1S/C48H30/c1-2-14-31(15-3-1)43-28-33-17-4-5-18-34(33)29-45(43)47-39-22-10-12-24-41(39)48(42-25-13-11-23-40(42)47)46-30-44-35-19-7-6-16-32(35)26-27-38(44)36-20-8-9-21-37(36)46/h1-30H. The van der Waals surface area contributed by atoms with Gasteiger partial charge in [-0.3, -0.25) is 0 Å². The Morgan fingerprint density at radius 1 is 0.208 bits per heavy atom. The molecule has 222 valence electrons. The summed E-state index contributed by atoms with van der Waals surface area (Å²) in [7, 11) is 0. The zero-order chi connectivity index (χ0) is 31.6. The van der Waals surface area contributed by atoms with E-state index in [1.807, 2.05) is 0 Å². The van der Waals surface area contributed by atoms with E-state index in [1.54, 1.807) is 0 Å². The number of rotatable bonds is 3. The molecule has 10 aromatic rings. The number of hydrogen-bond donors (Lipinski definition) is 0. The highest BCUT2D eigenvalue weighted by atomic mass is 14.2. The van der Waals surface area contributed by atoms with Gasteiger partial charge in [0.05, 0.1) is 0 Å². The molecule has 0 unspecified atom stereocenters. The molecule has 0 aromatic heterocycles. The van der Waals surface area contributed by atoms with E-state index in [4.69, 9.17) is 0 Å². The summed E-state index contributed by atoms with van der Waals surface area (Å²) in [5.41, 5.74) is 7.58. The van der Waals surface area contributed by atoms with Crippen molar-refractivity contribution in [1.82, 2.24) is 0 Å². The van der Waals surface area contributed by atoms with Crippen molar-refractivity contribution in [3.8, 4) is 33.4 Å². The minimum atomic E-state index is 1.22. The fraction of sp³-hybridized carbons (Fsp3) is 0. The van der Waals surface area contributed by atoms with Gasteiger partial charge < -0.3 is 0 Å². The van der Waals surface area contributed by atoms with E-state index in [2.05, 4.69) is 182 Å². The van der Waals surface area contributed by atoms with E-state index < -0.39 is 0 Å². The lowest BCUT2D eigenvalue weighted by Gasteiger charge is -2.21. The summed E-state index contributed by atoms with van der Waals surface area (Å²) in [5.74, 6) is 0. The van der Waals surface area contributed by atoms with Gasteiger partial charge in [-0.1, -0.05) is 164 Å². The van der Waals surface area contributed by atoms with Crippen LogP contribution < -0.4 is 0 Å². The highest BCUT2D eigenvalue weighted by Gasteiger charge is 2.21. The average molecular weight is 607 g/mol. The molecule has 0 aliphatic heterocycles. The van der Waals surface area contributed by atoms with Crippen LogP contribution in [0.1, 0.15) is 0 Å². The molecule has 0 aliphatic carbocycles. The zero-order valence-corrected chi connectivity index (χ0v) is 26.3. The predicted octanol–water partition coefficient (Wildman–Crippen LogP) is 13.6. The molecule has 0 N–H and O–H groups in total. The van der Waals surface area contributed by atoms with Crippen molar-refractivity contribution in [2.45, 2.75) is 0 Å². The molecule has 48 heavy (non-hydrogen) atoms. The van der Waals surface area contributed by atoms with Crippen molar-refractivity contribution in [2.24, 2.45) is 0 Å². The Hall–Kier alpha value is -6.24. The summed E-state index contributed by atoms with van der Waals surface area (Å²) in [6.45, 7) is 0. The molecule has 0 heteroatoms. The van der Waals surface area contributed by atoms with Gasteiger partial charge in [0.2, 0.25) is 0 Å². The maximum atomic E-state index is 2.46. The van der Waals surface area contributed by atoms with E-state index in [1.165, 1.54) is 98.0 Å². The number of benzene rings is 10. The first-order chi connectivity index (χ1) is 23.8. The van der Waals surface area contributed by atoms with Gasteiger partial charge in [0, 0.05) is 0 Å². The largest absolute Gasteiger partial charge is 0.0622 e. The molecule has 0 amide bonds. The van der Waals surface area contributed by atoms with Crippen molar-refractivity contribution in [2.75, 3.05) is 0 Å². The molecular formula is C48H30. The summed E-state index contributed by atoms with van der Waals surface area (Å²) < 4.78 is 0. The van der Waals surface area contributed by atoms with Crippen LogP contribution >= 0.6 is 0 Å². The quantitative estimate of drug-likeness (QED) is 0.139. The van der Waals surface area contributed by atoms with Crippen LogP contribution in [0.25, 0.3) is 98.0 Å². The molecule has 0 saturated carbocycles. The van der Waals surface area contributed by atoms with Crippen LogP contribution in [0.2, 0.25) is 0 Å². The predicted molar refractivity (Wildman–Crippen MR) is 208 cm³/mol. The smallest absolute Gasteiger partial charge is 0.00199 e. The molecule has 0 fully saturated rings. The molecular weight excluding hydrogens is 577 g/mol. The average Bonchev–Trinajstić information content (AvgIpc) is 3.16. The Labute approximate surface area is 279 Å². The van der Waals surface area contributed by atoms with E-state index in [9.17, 15) is 0 Å². The molecule has 0 heterocycles. The highest BCUT2D eigenvalue weighted by Crippen LogP contribution is 2.49. The number of fused-ring (bicyclic) bond motifs is 8. The van der Waals surface area contributed by atoms with Gasteiger partial charge in [-0.2, -0.15) is 0 Å². The monoisotopic (exact) mass is 606 g/mol. The third-order valence-electron chi connectivity index (χ3n) is 10.2. The second-order valence-corrected chi connectivity index (χ2v) is 12.8. The lowest BCUT2D eigenvalue weighted by Crippen LogP contribution is -1.94. The fourth-order valence-electron chi connectivity index (χ4n) is 8.08. The summed E-state index contributed by atoms with van der Waals surface area (Å²) >= 11 is 0. The van der Waals surface area contributed by atoms with Gasteiger partial charge in [0.1, 0.15) is 0 Å². The Morgan fingerprint density at radius 3 is 1.27 bits per heavy atom. The van der Waals surface area contributed by atoms with Crippen LogP contribution in [-0.2, 0) is 0 Å². The molecule has 0 saturated heterocycles. The van der Waals surface area contributed by atoms with Crippen molar-refractivity contribution >= 4 is 64.6 Å². The fourth-order valence-corrected chi connectivity index (χ4v) is 8.08. The van der Waals surface area contributed by atoms with Crippen LogP contribution in [0.4, 0.5) is 0 Å². The summed E-state index contributed by atoms with van der Waals surface area (Å²) in [4.78, 5) is 0. The molecule has 0 nitrogen and oxygen atoms in total. The Bertz CT molecular complexity index is 2820. The van der Waals surface area contributed by atoms with Crippen LogP contribution in [-0.4, -0.2) is 0 Å². The Morgan fingerprint density at radius 2 is 0.646 bits per heavy atom. The molecule has 0 radical (unpaired) electrons. The summed E-state index contributed by atoms with van der Waals surface area (Å²) in [6, 6.07) is 67.2. The van der Waals surface area contributed by atoms with Crippen molar-refractivity contribution in [1.29, 1.82) is 0 Å². The highest BCUT2D eigenvalue weighted by molar-refractivity contribution is 6.28. The molecule has 0 aliphatic rings. The molecule has 10 aromatic carbocycles. The maximum absolute atomic E-state index is 2.46. The van der Waals surface area contributed by atoms with E-state index in [0.29, 0.717) is 0 Å². The van der Waals surface area contributed by atoms with Gasteiger partial charge in [-0.25, -0.2) is 0 Å². The van der Waals surface area contributed by atoms with E-state index in [0.717, 1.165) is 0 Å². The number of hydrogen-bond acceptors (Lipinski definition) is 0. The second kappa shape index (κ2) is 10.7. The first-order valence-electron chi connectivity index (χ1n) is 16.7. The van der Waals surface area contributed by atoms with Gasteiger partial charge in [-0.05, 0) is 116 Å². The molecule has 0 atom stereocenters. The van der Waals surface area contributed by atoms with Gasteiger partial charge >= 0.3 is 0 Å². The first-order valence-corrected chi connectivity index (χ1v) is 16.7. The van der Waals surface area contributed by atoms with E-state index >= 15 is 0 Å². The maximum Gasteiger partial charge on any atom is -0.00199 e. The third kappa shape index (κ3) is 4.03. The van der Waals surface area contributed by atoms with Crippen LogP contribution in [0.3, 0.4) is 0 Å². The lowest BCUT2D eigenvalue weighted by atomic mass is 9.81. The van der Waals surface area contributed by atoms with Crippen LogP contribution in [0.5, 0.6) is 0 Å². The minimum Gasteiger partial charge on any atom is -0.0622 e. The second-order valence-electron chi connectivity index (χ2n) is 12.8. The molecule has 0 bridgehead atoms. The lowest BCUT2D eigenvalue weighted by molar-refractivity contribution is 1.63. The Kier molecular flexibility index (Phi) is 5.98. The van der Waals surface area contributed by atoms with Crippen LogP contribution in [0.15, 0.2) is 182 Å². The summed E-state index contributed by atoms with van der Waals surface area (Å²) in [6.07, 6.45) is 0. The van der Waals surface area contributed by atoms with E-state index in [-0.39, 0.29) is 0 Å². The van der Waals surface area contributed by atoms with Gasteiger partial charge in [0.15, 0.2) is 0 Å². The normalized spacial score (nSPS) is 11.8. The van der Waals surface area contributed by atoms with Crippen molar-refractivity contribution < 1.29 is 0 Å². The zero-order valence-electron chi connectivity index (χ0n) is 26.3. The molecule has 0 spiro atoms. The Balaban J connectivity index is 1.39. The third-order valence-corrected chi connectivity index (χ3v) is 10.2. The topological polar surface area (TPSA) is 0 Å². The first kappa shape index (κ1) is 26.9. The van der Waals surface area contributed by atoms with Crippen molar-refractivity contribution in [3.63, 3.8) is 0 Å². The van der Waals surface area contributed by atoms with Gasteiger partial charge in [-0.15, -0.1) is 0 Å².